The molecule has 0 aliphatic rings. The first kappa shape index (κ1) is 13.7. The summed E-state index contributed by atoms with van der Waals surface area (Å²) in [6, 6.07) is 3.03. The maximum atomic E-state index is 12.3. The van der Waals surface area contributed by atoms with Crippen molar-refractivity contribution in [2.24, 2.45) is 0 Å². The molecule has 0 aromatic heterocycles. The maximum absolute atomic E-state index is 12.3. The van der Waals surface area contributed by atoms with Gasteiger partial charge in [0.05, 0.1) is 12.0 Å². The summed E-state index contributed by atoms with van der Waals surface area (Å²) in [6.07, 6.45) is -4.48. The molecule has 7 heteroatoms. The molecule has 0 aliphatic heterocycles. The minimum Gasteiger partial charge on any atom is -0.481 e. The summed E-state index contributed by atoms with van der Waals surface area (Å²) in [5.41, 5.74) is 4.67. The Morgan fingerprint density at radius 1 is 1.41 bits per heavy atom. The third kappa shape index (κ3) is 4.18. The van der Waals surface area contributed by atoms with Gasteiger partial charge in [0, 0.05) is 16.3 Å². The lowest BCUT2D eigenvalue weighted by molar-refractivity contribution is -0.138. The molecule has 1 aromatic carbocycles. The monoisotopic (exact) mass is 265 g/mol. The third-order valence-corrected chi connectivity index (χ3v) is 3.00. The molecule has 0 unspecified atom stereocenters. The molecule has 0 aliphatic carbocycles. The molecule has 0 radical (unpaired) electrons. The van der Waals surface area contributed by atoms with Gasteiger partial charge in [-0.25, -0.2) is 0 Å². The highest BCUT2D eigenvalue weighted by Gasteiger charge is 2.30. The number of aliphatic carboxylic acids is 1. The topological polar surface area (TPSA) is 63.3 Å². The quantitative estimate of drug-likeness (QED) is 0.649. The zero-order valence-corrected chi connectivity index (χ0v) is 9.44. The number of hydrogen-bond donors (Lipinski definition) is 2. The molecule has 17 heavy (non-hydrogen) atoms. The molecular formula is C10H10F3NO2S. The number of carboxylic acids is 1. The zero-order chi connectivity index (χ0) is 13.1. The average molecular weight is 265 g/mol. The van der Waals surface area contributed by atoms with Crippen molar-refractivity contribution in [1.29, 1.82) is 0 Å². The third-order valence-electron chi connectivity index (χ3n) is 1.91. The Morgan fingerprint density at radius 3 is 2.53 bits per heavy atom. The molecule has 1 rings (SSSR count). The standard InChI is InChI=1S/C10H10F3NO2S/c11-10(12,13)6-1-2-8(7(14)5-6)17-4-3-9(15)16/h1-2,5H,3-4,14H2,(H,15,16). The van der Waals surface area contributed by atoms with Crippen LogP contribution < -0.4 is 5.73 Å². The van der Waals surface area contributed by atoms with Crippen LogP contribution in [-0.4, -0.2) is 16.8 Å². The summed E-state index contributed by atoms with van der Waals surface area (Å²) in [6.45, 7) is 0. The summed E-state index contributed by atoms with van der Waals surface area (Å²) in [4.78, 5) is 10.7. The van der Waals surface area contributed by atoms with E-state index in [1.165, 1.54) is 6.07 Å². The first-order chi connectivity index (χ1) is 7.80. The maximum Gasteiger partial charge on any atom is 0.416 e. The van der Waals surface area contributed by atoms with Gasteiger partial charge in [-0.15, -0.1) is 11.8 Å². The van der Waals surface area contributed by atoms with Crippen molar-refractivity contribution in [2.45, 2.75) is 17.5 Å². The lowest BCUT2D eigenvalue weighted by Gasteiger charge is -2.10. The van der Waals surface area contributed by atoms with Crippen molar-refractivity contribution in [3.05, 3.63) is 23.8 Å². The zero-order valence-electron chi connectivity index (χ0n) is 8.62. The number of hydrogen-bond acceptors (Lipinski definition) is 3. The van der Waals surface area contributed by atoms with Crippen LogP contribution in [0.3, 0.4) is 0 Å². The highest BCUT2D eigenvalue weighted by atomic mass is 32.2. The number of thioether (sulfide) groups is 1. The fourth-order valence-electron chi connectivity index (χ4n) is 1.10. The van der Waals surface area contributed by atoms with Gasteiger partial charge in [-0.05, 0) is 18.2 Å². The van der Waals surface area contributed by atoms with E-state index in [0.29, 0.717) is 4.90 Å². The van der Waals surface area contributed by atoms with E-state index >= 15 is 0 Å². The number of nitrogens with two attached hydrogens (primary N) is 1. The van der Waals surface area contributed by atoms with E-state index in [1.54, 1.807) is 0 Å². The fourth-order valence-corrected chi connectivity index (χ4v) is 1.99. The Morgan fingerprint density at radius 2 is 2.06 bits per heavy atom. The van der Waals surface area contributed by atoms with Crippen LogP contribution in [-0.2, 0) is 11.0 Å². The van der Waals surface area contributed by atoms with Crippen LogP contribution >= 0.6 is 11.8 Å². The van der Waals surface area contributed by atoms with E-state index < -0.39 is 17.7 Å². The van der Waals surface area contributed by atoms with Gasteiger partial charge in [0.25, 0.3) is 0 Å². The van der Waals surface area contributed by atoms with E-state index in [2.05, 4.69) is 0 Å². The second-order valence-electron chi connectivity index (χ2n) is 3.24. The van der Waals surface area contributed by atoms with E-state index in [1.807, 2.05) is 0 Å². The van der Waals surface area contributed by atoms with Crippen LogP contribution in [0, 0.1) is 0 Å². The minimum atomic E-state index is -4.42. The van der Waals surface area contributed by atoms with E-state index in [4.69, 9.17) is 10.8 Å². The summed E-state index contributed by atoms with van der Waals surface area (Å²) < 4.78 is 37.0. The number of carboxylic acid groups (broad SMARTS) is 1. The Kier molecular flexibility index (Phi) is 4.28. The summed E-state index contributed by atoms with van der Waals surface area (Å²) in [7, 11) is 0. The van der Waals surface area contributed by atoms with Crippen LogP contribution in [0.5, 0.6) is 0 Å². The summed E-state index contributed by atoms with van der Waals surface area (Å²) in [5.74, 6) is -0.687. The predicted molar refractivity (Wildman–Crippen MR) is 58.8 cm³/mol. The molecule has 0 saturated heterocycles. The smallest absolute Gasteiger partial charge is 0.416 e. The number of anilines is 1. The lowest BCUT2D eigenvalue weighted by atomic mass is 10.2. The van der Waals surface area contributed by atoms with Gasteiger partial charge in [-0.2, -0.15) is 13.2 Å². The SMILES string of the molecule is Nc1cc(C(F)(F)F)ccc1SCCC(=O)O. The van der Waals surface area contributed by atoms with Gasteiger partial charge in [0.1, 0.15) is 0 Å². The van der Waals surface area contributed by atoms with Crippen molar-refractivity contribution in [2.75, 3.05) is 11.5 Å². The number of benzene rings is 1. The van der Waals surface area contributed by atoms with Gasteiger partial charge in [-0.3, -0.25) is 4.79 Å². The van der Waals surface area contributed by atoms with Crippen LogP contribution in [0.25, 0.3) is 0 Å². The summed E-state index contributed by atoms with van der Waals surface area (Å²) >= 11 is 1.12. The van der Waals surface area contributed by atoms with Crippen molar-refractivity contribution >= 4 is 23.4 Å². The fraction of sp³-hybridized carbons (Fsp3) is 0.300. The molecule has 0 saturated carbocycles. The van der Waals surface area contributed by atoms with Gasteiger partial charge < -0.3 is 10.8 Å². The Balaban J connectivity index is 2.73. The molecule has 1 aromatic rings. The highest BCUT2D eigenvalue weighted by molar-refractivity contribution is 7.99. The molecule has 0 bridgehead atoms. The van der Waals surface area contributed by atoms with E-state index in [-0.39, 0.29) is 17.9 Å². The highest BCUT2D eigenvalue weighted by Crippen LogP contribution is 2.34. The number of rotatable bonds is 4. The second-order valence-corrected chi connectivity index (χ2v) is 4.38. The molecule has 0 atom stereocenters. The number of nitrogen functional groups attached to an aromatic ring is 1. The first-order valence-electron chi connectivity index (χ1n) is 4.62. The molecule has 3 N–H and O–H groups in total. The normalized spacial score (nSPS) is 11.5. The molecule has 0 heterocycles. The predicted octanol–water partition coefficient (Wildman–Crippen LogP) is 2.85. The van der Waals surface area contributed by atoms with Crippen molar-refractivity contribution in [1.82, 2.24) is 0 Å². The summed E-state index contributed by atoms with van der Waals surface area (Å²) in [5, 5.41) is 8.42. The Hall–Kier alpha value is -1.37. The molecular weight excluding hydrogens is 255 g/mol. The van der Waals surface area contributed by atoms with Crippen LogP contribution in [0.2, 0.25) is 0 Å². The van der Waals surface area contributed by atoms with Crippen molar-refractivity contribution in [3.8, 4) is 0 Å². The van der Waals surface area contributed by atoms with Crippen LogP contribution in [0.1, 0.15) is 12.0 Å². The van der Waals surface area contributed by atoms with Gasteiger partial charge in [0.15, 0.2) is 0 Å². The molecule has 0 amide bonds. The Bertz CT molecular complexity index is 421. The van der Waals surface area contributed by atoms with E-state index in [9.17, 15) is 18.0 Å². The largest absolute Gasteiger partial charge is 0.481 e. The molecule has 0 spiro atoms. The van der Waals surface area contributed by atoms with Crippen LogP contribution in [0.15, 0.2) is 23.1 Å². The van der Waals surface area contributed by atoms with Gasteiger partial charge in [0.2, 0.25) is 0 Å². The van der Waals surface area contributed by atoms with Crippen molar-refractivity contribution in [3.63, 3.8) is 0 Å². The number of halogens is 3. The lowest BCUT2D eigenvalue weighted by Crippen LogP contribution is -2.06. The minimum absolute atomic E-state index is 0.00946. The van der Waals surface area contributed by atoms with Gasteiger partial charge >= 0.3 is 12.1 Å². The second kappa shape index (κ2) is 5.31. The number of alkyl halides is 3. The molecule has 94 valence electrons. The van der Waals surface area contributed by atoms with Crippen molar-refractivity contribution < 1.29 is 23.1 Å². The van der Waals surface area contributed by atoms with E-state index in [0.717, 1.165) is 23.9 Å². The average Bonchev–Trinajstić information content (AvgIpc) is 2.18. The molecule has 3 nitrogen and oxygen atoms in total. The Labute approximate surface area is 99.8 Å². The number of carbonyl (C=O) groups is 1. The van der Waals surface area contributed by atoms with Gasteiger partial charge in [-0.1, -0.05) is 0 Å². The molecule has 0 fully saturated rings. The first-order valence-corrected chi connectivity index (χ1v) is 5.60. The van der Waals surface area contributed by atoms with Crippen LogP contribution in [0.4, 0.5) is 18.9 Å².